The number of benzene rings is 1. The van der Waals surface area contributed by atoms with Crippen molar-refractivity contribution in [2.75, 3.05) is 7.11 Å². The van der Waals surface area contributed by atoms with Crippen molar-refractivity contribution in [2.24, 2.45) is 5.92 Å². The SMILES string of the molecule is COc1ccc(C(=O)c2ncccc2C(=O)C(C(=O)O)C(=O)O)cc1. The molecule has 0 bridgehead atoms. The van der Waals surface area contributed by atoms with E-state index in [0.717, 1.165) is 0 Å². The minimum absolute atomic E-state index is 0.191. The number of ether oxygens (including phenoxy) is 1. The molecule has 2 rings (SSSR count). The van der Waals surface area contributed by atoms with E-state index in [1.54, 1.807) is 0 Å². The second-order valence-electron chi connectivity index (χ2n) is 4.93. The number of aliphatic carboxylic acids is 2. The summed E-state index contributed by atoms with van der Waals surface area (Å²) in [4.78, 5) is 50.8. The van der Waals surface area contributed by atoms with Gasteiger partial charge < -0.3 is 14.9 Å². The number of hydrogen-bond acceptors (Lipinski definition) is 6. The molecule has 8 heteroatoms. The molecule has 0 saturated heterocycles. The Hall–Kier alpha value is -3.55. The number of pyridine rings is 1. The van der Waals surface area contributed by atoms with E-state index in [-0.39, 0.29) is 16.8 Å². The number of hydrogen-bond donors (Lipinski definition) is 2. The summed E-state index contributed by atoms with van der Waals surface area (Å²) in [5.41, 5.74) is -0.487. The zero-order chi connectivity index (χ0) is 18.6. The number of carboxylic acids is 2. The third kappa shape index (κ3) is 3.69. The van der Waals surface area contributed by atoms with Gasteiger partial charge >= 0.3 is 11.9 Å². The standard InChI is InChI=1S/C17H13NO7/c1-25-10-6-4-9(5-7-10)14(19)13-11(3-2-8-18-13)15(20)12(16(21)22)17(23)24/h2-8,12H,1H3,(H,21,22)(H,23,24). The third-order valence-corrected chi connectivity index (χ3v) is 3.40. The maximum absolute atomic E-state index is 12.6. The van der Waals surface area contributed by atoms with E-state index in [4.69, 9.17) is 14.9 Å². The Labute approximate surface area is 141 Å². The molecule has 0 amide bonds. The lowest BCUT2D eigenvalue weighted by atomic mass is 9.94. The third-order valence-electron chi connectivity index (χ3n) is 3.40. The Morgan fingerprint density at radius 1 is 1.00 bits per heavy atom. The summed E-state index contributed by atoms with van der Waals surface area (Å²) < 4.78 is 4.99. The Morgan fingerprint density at radius 3 is 2.12 bits per heavy atom. The molecule has 25 heavy (non-hydrogen) atoms. The lowest BCUT2D eigenvalue weighted by Gasteiger charge is -2.10. The van der Waals surface area contributed by atoms with Crippen LogP contribution in [0.15, 0.2) is 42.6 Å². The smallest absolute Gasteiger partial charge is 0.325 e. The van der Waals surface area contributed by atoms with Gasteiger partial charge in [0.05, 0.1) is 7.11 Å². The maximum Gasteiger partial charge on any atom is 0.325 e. The predicted octanol–water partition coefficient (Wildman–Crippen LogP) is 1.29. The summed E-state index contributed by atoms with van der Waals surface area (Å²) in [5, 5.41) is 17.9. The predicted molar refractivity (Wildman–Crippen MR) is 83.8 cm³/mol. The van der Waals surface area contributed by atoms with E-state index >= 15 is 0 Å². The fraction of sp³-hybridized carbons (Fsp3) is 0.118. The molecule has 1 heterocycles. The monoisotopic (exact) mass is 343 g/mol. The van der Waals surface area contributed by atoms with Gasteiger partial charge in [-0.15, -0.1) is 0 Å². The maximum atomic E-state index is 12.6. The summed E-state index contributed by atoms with van der Waals surface area (Å²) in [7, 11) is 1.46. The van der Waals surface area contributed by atoms with E-state index in [2.05, 4.69) is 4.98 Å². The van der Waals surface area contributed by atoms with Crippen LogP contribution >= 0.6 is 0 Å². The molecule has 2 N–H and O–H groups in total. The number of ketones is 2. The molecule has 0 aliphatic heterocycles. The van der Waals surface area contributed by atoms with Crippen molar-refractivity contribution in [2.45, 2.75) is 0 Å². The molecule has 0 atom stereocenters. The van der Waals surface area contributed by atoms with Crippen molar-refractivity contribution in [3.8, 4) is 5.75 Å². The average molecular weight is 343 g/mol. The first-order chi connectivity index (χ1) is 11.9. The average Bonchev–Trinajstić information content (AvgIpc) is 2.60. The minimum Gasteiger partial charge on any atom is -0.497 e. The van der Waals surface area contributed by atoms with Gasteiger partial charge in [-0.2, -0.15) is 0 Å². The van der Waals surface area contributed by atoms with Crippen LogP contribution in [0, 0.1) is 5.92 Å². The van der Waals surface area contributed by atoms with E-state index < -0.39 is 29.4 Å². The minimum atomic E-state index is -2.31. The molecule has 2 aromatic rings. The van der Waals surface area contributed by atoms with Gasteiger partial charge in [-0.3, -0.25) is 24.2 Å². The first kappa shape index (κ1) is 17.8. The zero-order valence-electron chi connectivity index (χ0n) is 13.0. The van der Waals surface area contributed by atoms with Crippen LogP contribution in [0.5, 0.6) is 5.75 Å². The summed E-state index contributed by atoms with van der Waals surface area (Å²) in [6.45, 7) is 0. The van der Waals surface area contributed by atoms with Gasteiger partial charge in [0.25, 0.3) is 0 Å². The quantitative estimate of drug-likeness (QED) is 0.568. The van der Waals surface area contributed by atoms with Crippen LogP contribution in [0.2, 0.25) is 0 Å². The van der Waals surface area contributed by atoms with Crippen molar-refractivity contribution < 1.29 is 34.1 Å². The molecule has 0 fully saturated rings. The number of carbonyl (C=O) groups is 4. The summed E-state index contributed by atoms with van der Waals surface area (Å²) in [5.74, 6) is -7.28. The van der Waals surface area contributed by atoms with Crippen molar-refractivity contribution in [1.29, 1.82) is 0 Å². The molecule has 8 nitrogen and oxygen atoms in total. The van der Waals surface area contributed by atoms with E-state index in [9.17, 15) is 19.2 Å². The molecular weight excluding hydrogens is 330 g/mol. The number of methoxy groups -OCH3 is 1. The Morgan fingerprint density at radius 2 is 1.60 bits per heavy atom. The van der Waals surface area contributed by atoms with Crippen LogP contribution in [0.25, 0.3) is 0 Å². The number of Topliss-reactive ketones (excluding diaryl/α,β-unsaturated/α-hetero) is 1. The van der Waals surface area contributed by atoms with Crippen LogP contribution in [0.4, 0.5) is 0 Å². The highest BCUT2D eigenvalue weighted by molar-refractivity contribution is 6.23. The van der Waals surface area contributed by atoms with Crippen molar-refractivity contribution >= 4 is 23.5 Å². The number of nitrogens with zero attached hydrogens (tertiary/aromatic N) is 1. The number of aromatic nitrogens is 1. The molecular formula is C17H13NO7. The lowest BCUT2D eigenvalue weighted by molar-refractivity contribution is -0.151. The highest BCUT2D eigenvalue weighted by Gasteiger charge is 2.36. The summed E-state index contributed by atoms with van der Waals surface area (Å²) >= 11 is 0. The fourth-order valence-corrected chi connectivity index (χ4v) is 2.15. The first-order valence-corrected chi connectivity index (χ1v) is 7.00. The molecule has 1 aromatic heterocycles. The Kier molecular flexibility index (Phi) is 5.23. The lowest BCUT2D eigenvalue weighted by Crippen LogP contribution is -2.32. The topological polar surface area (TPSA) is 131 Å². The number of carbonyl (C=O) groups excluding carboxylic acids is 2. The van der Waals surface area contributed by atoms with Crippen LogP contribution < -0.4 is 4.74 Å². The molecule has 128 valence electrons. The number of rotatable bonds is 7. The normalized spacial score (nSPS) is 10.3. The van der Waals surface area contributed by atoms with E-state index in [1.807, 2.05) is 0 Å². The van der Waals surface area contributed by atoms with Gasteiger partial charge in [-0.1, -0.05) is 0 Å². The van der Waals surface area contributed by atoms with Crippen LogP contribution in [0.1, 0.15) is 26.4 Å². The Bertz CT molecular complexity index is 828. The molecule has 0 spiro atoms. The second kappa shape index (κ2) is 7.35. The van der Waals surface area contributed by atoms with Crippen LogP contribution in [-0.4, -0.2) is 45.8 Å². The molecule has 0 aliphatic rings. The second-order valence-corrected chi connectivity index (χ2v) is 4.93. The van der Waals surface area contributed by atoms with Crippen molar-refractivity contribution in [3.05, 3.63) is 59.4 Å². The van der Waals surface area contributed by atoms with Gasteiger partial charge in [0.15, 0.2) is 5.78 Å². The van der Waals surface area contributed by atoms with Gasteiger partial charge in [-0.05, 0) is 36.4 Å². The molecule has 1 aromatic carbocycles. The molecule has 0 aliphatic carbocycles. The fourth-order valence-electron chi connectivity index (χ4n) is 2.15. The largest absolute Gasteiger partial charge is 0.497 e. The van der Waals surface area contributed by atoms with Gasteiger partial charge in [-0.25, -0.2) is 0 Å². The Balaban J connectivity index is 2.46. The van der Waals surface area contributed by atoms with Crippen LogP contribution in [0.3, 0.4) is 0 Å². The van der Waals surface area contributed by atoms with Gasteiger partial charge in [0.1, 0.15) is 11.4 Å². The first-order valence-electron chi connectivity index (χ1n) is 7.00. The molecule has 0 unspecified atom stereocenters. The highest BCUT2D eigenvalue weighted by Crippen LogP contribution is 2.19. The van der Waals surface area contributed by atoms with Crippen molar-refractivity contribution in [1.82, 2.24) is 4.98 Å². The molecule has 0 saturated carbocycles. The van der Waals surface area contributed by atoms with E-state index in [1.165, 1.54) is 49.7 Å². The van der Waals surface area contributed by atoms with Crippen molar-refractivity contribution in [3.63, 3.8) is 0 Å². The van der Waals surface area contributed by atoms with E-state index in [0.29, 0.717) is 5.75 Å². The number of carboxylic acid groups (broad SMARTS) is 2. The summed E-state index contributed by atoms with van der Waals surface area (Å²) in [6, 6.07) is 8.47. The summed E-state index contributed by atoms with van der Waals surface area (Å²) in [6.07, 6.45) is 1.25. The zero-order valence-corrected chi connectivity index (χ0v) is 13.0. The molecule has 0 radical (unpaired) electrons. The highest BCUT2D eigenvalue weighted by atomic mass is 16.5. The van der Waals surface area contributed by atoms with Gasteiger partial charge in [0.2, 0.25) is 11.7 Å². The van der Waals surface area contributed by atoms with Crippen LogP contribution in [-0.2, 0) is 9.59 Å². The van der Waals surface area contributed by atoms with Gasteiger partial charge in [0, 0.05) is 17.3 Å².